The molecule has 0 atom stereocenters. The summed E-state index contributed by atoms with van der Waals surface area (Å²) in [5.74, 6) is 0. The molecule has 0 spiro atoms. The second-order valence-corrected chi connectivity index (χ2v) is 5.27. The number of rotatable bonds is 4. The van der Waals surface area contributed by atoms with E-state index in [9.17, 15) is 0 Å². The number of unbranched alkanes of at least 4 members (excludes halogenated alkanes) is 2. The lowest BCUT2D eigenvalue weighted by Gasteiger charge is -1.93. The standard InChI is InChI=1S/C11H14S2/c1-2-3-4-5-10-6-9-7-12-8-11(9)13-10/h6-8H,2-5H2,1H3. The van der Waals surface area contributed by atoms with E-state index in [0.717, 1.165) is 0 Å². The molecule has 2 rings (SSSR count). The van der Waals surface area contributed by atoms with Gasteiger partial charge >= 0.3 is 0 Å². The summed E-state index contributed by atoms with van der Waals surface area (Å²) in [5.41, 5.74) is 0. The average Bonchev–Trinajstić information content (AvgIpc) is 2.64. The third kappa shape index (κ3) is 2.12. The molecular formula is C11H14S2. The Balaban J connectivity index is 2.03. The van der Waals surface area contributed by atoms with Crippen molar-refractivity contribution in [3.05, 3.63) is 21.7 Å². The highest BCUT2D eigenvalue weighted by atomic mass is 32.1. The normalized spacial score (nSPS) is 11.2. The number of fused-ring (bicyclic) bond motifs is 1. The first-order valence-electron chi connectivity index (χ1n) is 4.85. The van der Waals surface area contributed by atoms with Gasteiger partial charge in [0.1, 0.15) is 0 Å². The molecule has 0 bridgehead atoms. The molecule has 2 heteroatoms. The molecule has 0 aliphatic carbocycles. The Labute approximate surface area is 87.2 Å². The van der Waals surface area contributed by atoms with Crippen LogP contribution in [0.15, 0.2) is 16.8 Å². The molecule has 0 radical (unpaired) electrons. The Kier molecular flexibility index (Phi) is 3.01. The number of thiophene rings is 2. The molecule has 70 valence electrons. The van der Waals surface area contributed by atoms with Gasteiger partial charge in [-0.05, 0) is 24.3 Å². The monoisotopic (exact) mass is 210 g/mol. The van der Waals surface area contributed by atoms with E-state index in [1.165, 1.54) is 35.8 Å². The summed E-state index contributed by atoms with van der Waals surface area (Å²) < 4.78 is 1.47. The highest BCUT2D eigenvalue weighted by Crippen LogP contribution is 2.29. The smallest absolute Gasteiger partial charge is 0.0452 e. The third-order valence-electron chi connectivity index (χ3n) is 2.24. The van der Waals surface area contributed by atoms with Crippen molar-refractivity contribution in [2.75, 3.05) is 0 Å². The molecule has 0 unspecified atom stereocenters. The maximum absolute atomic E-state index is 2.35. The summed E-state index contributed by atoms with van der Waals surface area (Å²) in [4.78, 5) is 1.56. The molecule has 0 fully saturated rings. The van der Waals surface area contributed by atoms with E-state index in [4.69, 9.17) is 0 Å². The van der Waals surface area contributed by atoms with Crippen LogP contribution in [0.5, 0.6) is 0 Å². The van der Waals surface area contributed by atoms with Gasteiger partial charge in [-0.25, -0.2) is 0 Å². The second-order valence-electron chi connectivity index (χ2n) is 3.36. The first kappa shape index (κ1) is 9.22. The van der Waals surface area contributed by atoms with Gasteiger partial charge in [0.25, 0.3) is 0 Å². The summed E-state index contributed by atoms with van der Waals surface area (Å²) in [6, 6.07) is 2.35. The summed E-state index contributed by atoms with van der Waals surface area (Å²) in [6.07, 6.45) is 5.31. The van der Waals surface area contributed by atoms with Gasteiger partial charge in [0.2, 0.25) is 0 Å². The zero-order valence-corrected chi connectivity index (χ0v) is 9.51. The van der Waals surface area contributed by atoms with Crippen LogP contribution in [0.1, 0.15) is 31.1 Å². The molecule has 0 nitrogen and oxygen atoms in total. The van der Waals surface area contributed by atoms with Crippen LogP contribution in [-0.2, 0) is 6.42 Å². The summed E-state index contributed by atoms with van der Waals surface area (Å²) in [5, 5.41) is 5.94. The van der Waals surface area contributed by atoms with E-state index in [-0.39, 0.29) is 0 Å². The SMILES string of the molecule is CCCCCc1cc2cscc2s1. The Morgan fingerprint density at radius 2 is 2.15 bits per heavy atom. The molecule has 0 amide bonds. The van der Waals surface area contributed by atoms with Crippen molar-refractivity contribution in [2.45, 2.75) is 32.6 Å². The Morgan fingerprint density at radius 3 is 2.92 bits per heavy atom. The molecule has 2 aromatic heterocycles. The molecule has 0 saturated carbocycles. The fourth-order valence-corrected chi connectivity index (χ4v) is 3.55. The van der Waals surface area contributed by atoms with Gasteiger partial charge in [-0.3, -0.25) is 0 Å². The van der Waals surface area contributed by atoms with Crippen molar-refractivity contribution in [1.29, 1.82) is 0 Å². The molecule has 0 saturated heterocycles. The molecule has 2 aromatic rings. The van der Waals surface area contributed by atoms with Gasteiger partial charge in [0.15, 0.2) is 0 Å². The van der Waals surface area contributed by atoms with Gasteiger partial charge in [-0.2, -0.15) is 11.3 Å². The maximum Gasteiger partial charge on any atom is 0.0452 e. The molecular weight excluding hydrogens is 196 g/mol. The highest BCUT2D eigenvalue weighted by Gasteiger charge is 2.01. The van der Waals surface area contributed by atoms with Crippen molar-refractivity contribution >= 4 is 32.8 Å². The Hall–Kier alpha value is -0.340. The Morgan fingerprint density at radius 1 is 1.23 bits per heavy atom. The van der Waals surface area contributed by atoms with Crippen molar-refractivity contribution < 1.29 is 0 Å². The number of aryl methyl sites for hydroxylation is 1. The van der Waals surface area contributed by atoms with Crippen LogP contribution in [0.3, 0.4) is 0 Å². The second kappa shape index (κ2) is 4.25. The lowest BCUT2D eigenvalue weighted by atomic mass is 10.2. The highest BCUT2D eigenvalue weighted by molar-refractivity contribution is 7.22. The largest absolute Gasteiger partial charge is 0.150 e. The molecule has 13 heavy (non-hydrogen) atoms. The topological polar surface area (TPSA) is 0 Å². The summed E-state index contributed by atoms with van der Waals surface area (Å²) in [7, 11) is 0. The molecule has 0 aromatic carbocycles. The van der Waals surface area contributed by atoms with Gasteiger partial charge in [-0.1, -0.05) is 19.8 Å². The average molecular weight is 210 g/mol. The first-order chi connectivity index (χ1) is 6.40. The van der Waals surface area contributed by atoms with Crippen LogP contribution >= 0.6 is 22.7 Å². The minimum absolute atomic E-state index is 1.28. The minimum atomic E-state index is 1.28. The van der Waals surface area contributed by atoms with Crippen LogP contribution in [0.25, 0.3) is 10.1 Å². The minimum Gasteiger partial charge on any atom is -0.150 e. The fraction of sp³-hybridized carbons (Fsp3) is 0.455. The Bertz CT molecular complexity index is 341. The van der Waals surface area contributed by atoms with Gasteiger partial charge in [0, 0.05) is 20.3 Å². The van der Waals surface area contributed by atoms with E-state index in [1.54, 1.807) is 4.88 Å². The molecule has 0 aliphatic heterocycles. The van der Waals surface area contributed by atoms with Gasteiger partial charge in [-0.15, -0.1) is 11.3 Å². The van der Waals surface area contributed by atoms with E-state index < -0.39 is 0 Å². The maximum atomic E-state index is 2.35. The van der Waals surface area contributed by atoms with Crippen LogP contribution < -0.4 is 0 Å². The van der Waals surface area contributed by atoms with Crippen LogP contribution in [-0.4, -0.2) is 0 Å². The quantitative estimate of drug-likeness (QED) is 0.642. The molecule has 0 aliphatic rings. The zero-order chi connectivity index (χ0) is 9.10. The number of hydrogen-bond acceptors (Lipinski definition) is 2. The van der Waals surface area contributed by atoms with Crippen molar-refractivity contribution in [1.82, 2.24) is 0 Å². The van der Waals surface area contributed by atoms with Crippen molar-refractivity contribution in [3.8, 4) is 0 Å². The third-order valence-corrected chi connectivity index (χ3v) is 4.31. The van der Waals surface area contributed by atoms with Crippen molar-refractivity contribution in [3.63, 3.8) is 0 Å². The van der Waals surface area contributed by atoms with Gasteiger partial charge in [0.05, 0.1) is 0 Å². The van der Waals surface area contributed by atoms with E-state index in [0.29, 0.717) is 0 Å². The zero-order valence-electron chi connectivity index (χ0n) is 7.88. The molecule has 2 heterocycles. The van der Waals surface area contributed by atoms with Crippen LogP contribution in [0.2, 0.25) is 0 Å². The predicted octanol–water partition coefficient (Wildman–Crippen LogP) is 4.70. The van der Waals surface area contributed by atoms with E-state index in [1.807, 2.05) is 22.7 Å². The summed E-state index contributed by atoms with van der Waals surface area (Å²) >= 11 is 3.77. The fourth-order valence-electron chi connectivity index (χ4n) is 1.50. The predicted molar refractivity (Wildman–Crippen MR) is 62.9 cm³/mol. The number of hydrogen-bond donors (Lipinski definition) is 0. The lowest BCUT2D eigenvalue weighted by molar-refractivity contribution is 0.723. The van der Waals surface area contributed by atoms with E-state index >= 15 is 0 Å². The van der Waals surface area contributed by atoms with Crippen LogP contribution in [0.4, 0.5) is 0 Å². The first-order valence-corrected chi connectivity index (χ1v) is 6.60. The lowest BCUT2D eigenvalue weighted by Crippen LogP contribution is -1.78. The van der Waals surface area contributed by atoms with Gasteiger partial charge < -0.3 is 0 Å². The van der Waals surface area contributed by atoms with Crippen molar-refractivity contribution in [2.24, 2.45) is 0 Å². The van der Waals surface area contributed by atoms with E-state index in [2.05, 4.69) is 23.8 Å². The van der Waals surface area contributed by atoms with Crippen LogP contribution in [0, 0.1) is 0 Å². The molecule has 0 N–H and O–H groups in total. The summed E-state index contributed by atoms with van der Waals surface area (Å²) in [6.45, 7) is 2.26.